The van der Waals surface area contributed by atoms with Crippen LogP contribution < -0.4 is 10.1 Å². The van der Waals surface area contributed by atoms with E-state index in [0.29, 0.717) is 30.2 Å². The van der Waals surface area contributed by atoms with Gasteiger partial charge in [-0.25, -0.2) is 9.78 Å². The first-order valence-electron chi connectivity index (χ1n) is 13.0. The van der Waals surface area contributed by atoms with Crippen molar-refractivity contribution in [2.75, 3.05) is 38.0 Å². The zero-order valence-corrected chi connectivity index (χ0v) is 23.4. The Morgan fingerprint density at radius 3 is 2.35 bits per heavy atom. The van der Waals surface area contributed by atoms with Gasteiger partial charge in [0.15, 0.2) is 5.78 Å². The summed E-state index contributed by atoms with van der Waals surface area (Å²) in [5.74, 6) is 0.0669. The maximum absolute atomic E-state index is 13.1. The largest absolute Gasteiger partial charge is 0.465 e. The van der Waals surface area contributed by atoms with Crippen molar-refractivity contribution in [3.63, 3.8) is 0 Å². The molecule has 0 atom stereocenters. The Morgan fingerprint density at radius 2 is 1.72 bits per heavy atom. The fourth-order valence-corrected chi connectivity index (χ4v) is 4.99. The lowest BCUT2D eigenvalue weighted by molar-refractivity contribution is -0.137. The van der Waals surface area contributed by atoms with Gasteiger partial charge < -0.3 is 29.5 Å². The number of Topliss-reactive ketones (excluding diaryl/α,β-unsaturated/α-hetero) is 1. The molecular weight excluding hydrogens is 591 g/mol. The highest BCUT2D eigenvalue weighted by molar-refractivity contribution is 6.34. The Hall–Kier alpha value is -4.78. The first-order valence-corrected chi connectivity index (χ1v) is 13.4. The predicted octanol–water partition coefficient (Wildman–Crippen LogP) is 5.77. The van der Waals surface area contributed by atoms with Crippen LogP contribution in [0.1, 0.15) is 26.4 Å². The zero-order chi connectivity index (χ0) is 30.9. The molecule has 5 rings (SSSR count). The van der Waals surface area contributed by atoms with Crippen LogP contribution >= 0.6 is 11.6 Å². The van der Waals surface area contributed by atoms with E-state index in [4.69, 9.17) is 21.4 Å². The summed E-state index contributed by atoms with van der Waals surface area (Å²) in [7, 11) is 1.77. The van der Waals surface area contributed by atoms with Crippen LogP contribution in [0.5, 0.6) is 11.6 Å². The Labute approximate surface area is 248 Å². The smallest absolute Gasteiger partial charge is 0.416 e. The lowest BCUT2D eigenvalue weighted by Gasteiger charge is -2.33. The monoisotopic (exact) mass is 615 g/mol. The number of ether oxygens (including phenoxy) is 1. The number of aryl methyl sites for hydroxylation is 1. The molecule has 0 aliphatic carbocycles. The second kappa shape index (κ2) is 11.8. The molecule has 0 radical (unpaired) electrons. The number of hydrogen-bond donors (Lipinski definition) is 2. The second-order valence-corrected chi connectivity index (χ2v) is 10.2. The van der Waals surface area contributed by atoms with Crippen molar-refractivity contribution in [3.05, 3.63) is 82.6 Å². The Bertz CT molecular complexity index is 1700. The number of carbonyl (C=O) groups excluding carboxylic acids is 2. The van der Waals surface area contributed by atoms with E-state index in [1.807, 2.05) is 6.07 Å². The molecule has 14 heteroatoms. The van der Waals surface area contributed by atoms with Crippen molar-refractivity contribution in [3.8, 4) is 11.6 Å². The summed E-state index contributed by atoms with van der Waals surface area (Å²) in [5, 5.41) is 12.5. The van der Waals surface area contributed by atoms with E-state index in [0.717, 1.165) is 29.1 Å². The molecule has 43 heavy (non-hydrogen) atoms. The van der Waals surface area contributed by atoms with Crippen LogP contribution in [0, 0.1) is 0 Å². The van der Waals surface area contributed by atoms with Crippen molar-refractivity contribution < 1.29 is 37.4 Å². The number of rotatable bonds is 7. The topological polar surface area (TPSA) is 117 Å². The van der Waals surface area contributed by atoms with E-state index in [9.17, 15) is 27.6 Å². The summed E-state index contributed by atoms with van der Waals surface area (Å²) in [5.41, 5.74) is 0.737. The average Bonchev–Trinajstić information content (AvgIpc) is 3.31. The number of aromatic nitrogens is 2. The lowest BCUT2D eigenvalue weighted by atomic mass is 10.1. The number of alkyl halides is 3. The molecule has 2 N–H and O–H groups in total. The summed E-state index contributed by atoms with van der Waals surface area (Å²) >= 11 is 5.91. The molecule has 1 aliphatic rings. The highest BCUT2D eigenvalue weighted by atomic mass is 35.5. The van der Waals surface area contributed by atoms with E-state index in [1.165, 1.54) is 11.1 Å². The average molecular weight is 616 g/mol. The molecule has 0 unspecified atom stereocenters. The van der Waals surface area contributed by atoms with Crippen molar-refractivity contribution in [2.45, 2.75) is 6.18 Å². The van der Waals surface area contributed by atoms with Gasteiger partial charge in [0.25, 0.3) is 5.91 Å². The van der Waals surface area contributed by atoms with Crippen molar-refractivity contribution in [1.82, 2.24) is 19.4 Å². The second-order valence-electron chi connectivity index (χ2n) is 9.83. The Morgan fingerprint density at radius 1 is 1.00 bits per heavy atom. The third kappa shape index (κ3) is 6.51. The van der Waals surface area contributed by atoms with Crippen LogP contribution in [-0.2, 0) is 13.2 Å². The zero-order valence-electron chi connectivity index (χ0n) is 22.7. The SMILES string of the molecule is Cn1c(C(=O)N2CCN(C(=O)O)CC2)cc2ccc(Oc3ccc(NCC(=O)c4ccc(C(F)(F)F)cc4Cl)cn3)cc21. The van der Waals surface area contributed by atoms with Gasteiger partial charge in [-0.15, -0.1) is 0 Å². The minimum atomic E-state index is -4.56. The molecule has 1 fully saturated rings. The highest BCUT2D eigenvalue weighted by Crippen LogP contribution is 2.32. The minimum absolute atomic E-state index is 0.0308. The van der Waals surface area contributed by atoms with Crippen LogP contribution in [-0.4, -0.2) is 75.0 Å². The van der Waals surface area contributed by atoms with E-state index in [-0.39, 0.29) is 42.0 Å². The van der Waals surface area contributed by atoms with Crippen molar-refractivity contribution in [1.29, 1.82) is 0 Å². The van der Waals surface area contributed by atoms with Gasteiger partial charge in [0, 0.05) is 56.3 Å². The number of fused-ring (bicyclic) bond motifs is 1. The maximum atomic E-state index is 13.1. The first-order chi connectivity index (χ1) is 20.4. The summed E-state index contributed by atoms with van der Waals surface area (Å²) < 4.78 is 46.2. The molecule has 3 heterocycles. The number of piperazine rings is 1. The van der Waals surface area contributed by atoms with Crippen LogP contribution in [0.15, 0.2) is 60.8 Å². The summed E-state index contributed by atoms with van der Waals surface area (Å²) in [6, 6.07) is 12.9. The third-order valence-corrected chi connectivity index (χ3v) is 7.39. The van der Waals surface area contributed by atoms with Crippen LogP contribution in [0.25, 0.3) is 10.9 Å². The first kappa shape index (κ1) is 29.7. The van der Waals surface area contributed by atoms with E-state index < -0.39 is 23.6 Å². The molecule has 2 aromatic heterocycles. The highest BCUT2D eigenvalue weighted by Gasteiger charge is 2.31. The van der Waals surface area contributed by atoms with Gasteiger partial charge in [-0.2, -0.15) is 13.2 Å². The normalized spacial score (nSPS) is 13.7. The van der Waals surface area contributed by atoms with Crippen LogP contribution in [0.3, 0.4) is 0 Å². The number of halogens is 4. The molecule has 1 saturated heterocycles. The predicted molar refractivity (Wildman–Crippen MR) is 152 cm³/mol. The van der Waals surface area contributed by atoms with Gasteiger partial charge in [0.2, 0.25) is 5.88 Å². The van der Waals surface area contributed by atoms with Crippen LogP contribution in [0.2, 0.25) is 5.02 Å². The fourth-order valence-electron chi connectivity index (χ4n) is 4.70. The number of ketones is 1. The van der Waals surface area contributed by atoms with Crippen molar-refractivity contribution in [2.24, 2.45) is 7.05 Å². The molecule has 1 aliphatic heterocycles. The van der Waals surface area contributed by atoms with Crippen LogP contribution in [0.4, 0.5) is 23.7 Å². The number of pyridine rings is 1. The maximum Gasteiger partial charge on any atom is 0.416 e. The summed E-state index contributed by atoms with van der Waals surface area (Å²) in [6.45, 7) is 0.929. The number of nitrogens with one attached hydrogen (secondary N) is 1. The molecule has 224 valence electrons. The third-order valence-electron chi connectivity index (χ3n) is 7.08. The van der Waals surface area contributed by atoms with Gasteiger partial charge in [-0.1, -0.05) is 11.6 Å². The molecule has 0 saturated carbocycles. The van der Waals surface area contributed by atoms with E-state index in [1.54, 1.807) is 46.8 Å². The van der Waals surface area contributed by atoms with Gasteiger partial charge >= 0.3 is 12.3 Å². The quantitative estimate of drug-likeness (QED) is 0.254. The number of amides is 2. The molecule has 2 aromatic carbocycles. The fraction of sp³-hybridized carbons (Fsp3) is 0.241. The summed E-state index contributed by atoms with van der Waals surface area (Å²) in [6.07, 6.45) is -4.11. The minimum Gasteiger partial charge on any atom is -0.465 e. The van der Waals surface area contributed by atoms with Gasteiger partial charge in [-0.3, -0.25) is 9.59 Å². The number of carboxylic acid groups (broad SMARTS) is 1. The molecule has 0 bridgehead atoms. The Kier molecular flexibility index (Phi) is 8.18. The number of benzene rings is 2. The number of anilines is 1. The van der Waals surface area contributed by atoms with E-state index in [2.05, 4.69) is 10.3 Å². The molecule has 4 aromatic rings. The molecular formula is C29H25ClF3N5O5. The number of hydrogen-bond acceptors (Lipinski definition) is 6. The van der Waals surface area contributed by atoms with Gasteiger partial charge in [0.05, 0.1) is 34.5 Å². The standard InChI is InChI=1S/C29H25ClF3N5O5/c1-36-23-14-20(5-2-17(23)12-24(36)27(40)37-8-10-38(11-9-37)28(41)42)43-26-7-4-19(15-35-26)34-16-25(39)21-6-3-18(13-22(21)30)29(31,32)33/h2-7,12-15,34H,8-11,16H2,1H3,(H,41,42). The Balaban J connectivity index is 1.20. The van der Waals surface area contributed by atoms with E-state index >= 15 is 0 Å². The number of carbonyl (C=O) groups is 3. The number of nitrogens with zero attached hydrogens (tertiary/aromatic N) is 4. The lowest BCUT2D eigenvalue weighted by Crippen LogP contribution is -2.50. The molecule has 0 spiro atoms. The molecule has 10 nitrogen and oxygen atoms in total. The van der Waals surface area contributed by atoms with Gasteiger partial charge in [-0.05, 0) is 42.5 Å². The molecule has 2 amide bonds. The van der Waals surface area contributed by atoms with Crippen molar-refractivity contribution >= 4 is 46.0 Å². The summed E-state index contributed by atoms with van der Waals surface area (Å²) in [4.78, 5) is 43.9. The van der Waals surface area contributed by atoms with Gasteiger partial charge in [0.1, 0.15) is 11.4 Å².